The maximum absolute atomic E-state index is 13.1. The lowest BCUT2D eigenvalue weighted by Crippen LogP contribution is -2.17. The number of rotatable bonds is 9. The van der Waals surface area contributed by atoms with E-state index in [1.54, 1.807) is 42.5 Å². The van der Waals surface area contributed by atoms with Crippen molar-refractivity contribution in [2.45, 2.75) is 13.2 Å². The lowest BCUT2D eigenvalue weighted by Gasteiger charge is -2.09. The summed E-state index contributed by atoms with van der Waals surface area (Å²) in [6.07, 6.45) is 1.52. The summed E-state index contributed by atoms with van der Waals surface area (Å²) < 4.78 is 24.6. The number of benzene rings is 4. The van der Waals surface area contributed by atoms with E-state index >= 15 is 0 Å². The molecule has 5 nitrogen and oxygen atoms in total. The third-order valence-electron chi connectivity index (χ3n) is 4.96. The summed E-state index contributed by atoms with van der Waals surface area (Å²) in [6.45, 7) is 0.746. The van der Waals surface area contributed by atoms with Crippen LogP contribution in [0.2, 0.25) is 0 Å². The van der Waals surface area contributed by atoms with Gasteiger partial charge in [-0.05, 0) is 59.7 Å². The van der Waals surface area contributed by atoms with Crippen LogP contribution in [0.5, 0.6) is 11.5 Å². The summed E-state index contributed by atoms with van der Waals surface area (Å²) in [6, 6.07) is 30.2. The standard InChI is InChI=1S/C28H23FN2O3/c29-25-14-10-22(11-15-25)20-34-27-9-5-4-8-24(27)18-30-31-28(32)23-12-16-26(17-13-23)33-19-21-6-2-1-3-7-21/h1-18H,19-20H2,(H,31,32)/b30-18+. The van der Waals surface area contributed by atoms with Gasteiger partial charge in [-0.15, -0.1) is 0 Å². The van der Waals surface area contributed by atoms with Crippen LogP contribution in [0.1, 0.15) is 27.0 Å². The molecule has 0 aromatic heterocycles. The summed E-state index contributed by atoms with van der Waals surface area (Å²) in [5, 5.41) is 4.06. The van der Waals surface area contributed by atoms with Crippen molar-refractivity contribution in [3.63, 3.8) is 0 Å². The monoisotopic (exact) mass is 454 g/mol. The lowest BCUT2D eigenvalue weighted by atomic mass is 10.2. The minimum atomic E-state index is -0.337. The Hall–Kier alpha value is -4.45. The van der Waals surface area contributed by atoms with Gasteiger partial charge in [0.25, 0.3) is 5.91 Å². The molecule has 0 aliphatic carbocycles. The summed E-state index contributed by atoms with van der Waals surface area (Å²) in [5.74, 6) is 0.651. The number of nitrogens with one attached hydrogen (secondary N) is 1. The molecule has 0 heterocycles. The van der Waals surface area contributed by atoms with Gasteiger partial charge in [-0.25, -0.2) is 9.82 Å². The fourth-order valence-electron chi connectivity index (χ4n) is 3.13. The van der Waals surface area contributed by atoms with E-state index in [-0.39, 0.29) is 18.3 Å². The fourth-order valence-corrected chi connectivity index (χ4v) is 3.13. The number of hydrogen-bond acceptors (Lipinski definition) is 4. The van der Waals surface area contributed by atoms with Gasteiger partial charge < -0.3 is 9.47 Å². The van der Waals surface area contributed by atoms with E-state index in [1.165, 1.54) is 18.3 Å². The molecule has 1 N–H and O–H groups in total. The Bertz CT molecular complexity index is 1240. The highest BCUT2D eigenvalue weighted by molar-refractivity contribution is 5.95. The van der Waals surface area contributed by atoms with Crippen LogP contribution in [0.4, 0.5) is 4.39 Å². The number of halogens is 1. The summed E-state index contributed by atoms with van der Waals surface area (Å²) in [5.41, 5.74) is 5.61. The van der Waals surface area contributed by atoms with Gasteiger partial charge in [0.2, 0.25) is 0 Å². The fraction of sp³-hybridized carbons (Fsp3) is 0.0714. The van der Waals surface area contributed by atoms with E-state index in [4.69, 9.17) is 9.47 Å². The largest absolute Gasteiger partial charge is 0.489 e. The number of amides is 1. The maximum Gasteiger partial charge on any atom is 0.271 e. The Morgan fingerprint density at radius 1 is 0.765 bits per heavy atom. The molecule has 0 saturated carbocycles. The lowest BCUT2D eigenvalue weighted by molar-refractivity contribution is 0.0955. The first kappa shape index (κ1) is 22.7. The molecule has 0 spiro atoms. The SMILES string of the molecule is O=C(N/N=C/c1ccccc1OCc1ccc(F)cc1)c1ccc(OCc2ccccc2)cc1. The van der Waals surface area contributed by atoms with E-state index < -0.39 is 0 Å². The number of hydrazone groups is 1. The zero-order valence-electron chi connectivity index (χ0n) is 18.4. The molecule has 0 unspecified atom stereocenters. The number of carbonyl (C=O) groups excluding carboxylic acids is 1. The zero-order chi connectivity index (χ0) is 23.6. The van der Waals surface area contributed by atoms with Crippen molar-refractivity contribution >= 4 is 12.1 Å². The van der Waals surface area contributed by atoms with Gasteiger partial charge in [-0.3, -0.25) is 4.79 Å². The number of para-hydroxylation sites is 1. The highest BCUT2D eigenvalue weighted by Gasteiger charge is 2.06. The first-order valence-electron chi connectivity index (χ1n) is 10.7. The zero-order valence-corrected chi connectivity index (χ0v) is 18.4. The second-order valence-corrected chi connectivity index (χ2v) is 7.45. The molecule has 4 aromatic rings. The second kappa shape index (κ2) is 11.4. The molecule has 0 atom stereocenters. The summed E-state index contributed by atoms with van der Waals surface area (Å²) >= 11 is 0. The van der Waals surface area contributed by atoms with Crippen molar-refractivity contribution in [3.8, 4) is 11.5 Å². The van der Waals surface area contributed by atoms with Crippen molar-refractivity contribution in [2.24, 2.45) is 5.10 Å². The summed E-state index contributed by atoms with van der Waals surface area (Å²) in [7, 11) is 0. The topological polar surface area (TPSA) is 59.9 Å². The Morgan fingerprint density at radius 2 is 1.41 bits per heavy atom. The molecular weight excluding hydrogens is 431 g/mol. The molecule has 0 saturated heterocycles. The number of carbonyl (C=O) groups is 1. The maximum atomic E-state index is 13.1. The second-order valence-electron chi connectivity index (χ2n) is 7.45. The van der Waals surface area contributed by atoms with Gasteiger partial charge in [0.1, 0.15) is 30.5 Å². The van der Waals surface area contributed by atoms with Gasteiger partial charge in [-0.2, -0.15) is 5.10 Å². The minimum Gasteiger partial charge on any atom is -0.489 e. The van der Waals surface area contributed by atoms with Gasteiger partial charge in [0.15, 0.2) is 0 Å². The number of hydrogen-bond donors (Lipinski definition) is 1. The average Bonchev–Trinajstić information content (AvgIpc) is 2.88. The van der Waals surface area contributed by atoms with Crippen LogP contribution in [0, 0.1) is 5.82 Å². The molecule has 0 aliphatic rings. The normalized spacial score (nSPS) is 10.7. The molecule has 0 fully saturated rings. The van der Waals surface area contributed by atoms with Crippen LogP contribution in [0.15, 0.2) is 108 Å². The molecular formula is C28H23FN2O3. The average molecular weight is 455 g/mol. The molecule has 170 valence electrons. The van der Waals surface area contributed by atoms with Crippen molar-refractivity contribution in [3.05, 3.63) is 131 Å². The molecule has 0 radical (unpaired) electrons. The number of nitrogens with zero attached hydrogens (tertiary/aromatic N) is 1. The Labute approximate surface area is 197 Å². The highest BCUT2D eigenvalue weighted by atomic mass is 19.1. The van der Waals surface area contributed by atoms with E-state index in [2.05, 4.69) is 10.5 Å². The van der Waals surface area contributed by atoms with Crippen molar-refractivity contribution in [2.75, 3.05) is 0 Å². The van der Waals surface area contributed by atoms with Crippen LogP contribution < -0.4 is 14.9 Å². The Balaban J connectivity index is 1.30. The van der Waals surface area contributed by atoms with Crippen LogP contribution in [0.3, 0.4) is 0 Å². The Kier molecular flexibility index (Phi) is 7.64. The highest BCUT2D eigenvalue weighted by Crippen LogP contribution is 2.18. The molecule has 1 amide bonds. The molecule has 6 heteroatoms. The van der Waals surface area contributed by atoms with Gasteiger partial charge >= 0.3 is 0 Å². The molecule has 4 rings (SSSR count). The van der Waals surface area contributed by atoms with Crippen LogP contribution in [-0.2, 0) is 13.2 Å². The van der Waals surface area contributed by atoms with Crippen molar-refractivity contribution in [1.29, 1.82) is 0 Å². The minimum absolute atomic E-state index is 0.288. The third-order valence-corrected chi connectivity index (χ3v) is 4.96. The van der Waals surface area contributed by atoms with Crippen molar-refractivity contribution < 1.29 is 18.7 Å². The summed E-state index contributed by atoms with van der Waals surface area (Å²) in [4.78, 5) is 12.4. The molecule has 0 aliphatic heterocycles. The smallest absolute Gasteiger partial charge is 0.271 e. The predicted molar refractivity (Wildman–Crippen MR) is 129 cm³/mol. The van der Waals surface area contributed by atoms with Gasteiger partial charge in [-0.1, -0.05) is 54.6 Å². The Morgan fingerprint density at radius 3 is 2.18 bits per heavy atom. The van der Waals surface area contributed by atoms with Crippen LogP contribution >= 0.6 is 0 Å². The van der Waals surface area contributed by atoms with Gasteiger partial charge in [0.05, 0.1) is 6.21 Å². The van der Waals surface area contributed by atoms with Gasteiger partial charge in [0, 0.05) is 11.1 Å². The van der Waals surface area contributed by atoms with E-state index in [1.807, 2.05) is 48.5 Å². The van der Waals surface area contributed by atoms with Crippen LogP contribution in [0.25, 0.3) is 0 Å². The first-order chi connectivity index (χ1) is 16.7. The molecule has 4 aromatic carbocycles. The first-order valence-corrected chi connectivity index (χ1v) is 10.7. The van der Waals surface area contributed by atoms with E-state index in [0.717, 1.165) is 11.1 Å². The van der Waals surface area contributed by atoms with E-state index in [9.17, 15) is 9.18 Å². The van der Waals surface area contributed by atoms with E-state index in [0.29, 0.717) is 29.2 Å². The molecule has 34 heavy (non-hydrogen) atoms. The number of ether oxygens (including phenoxy) is 2. The van der Waals surface area contributed by atoms with Crippen LogP contribution in [-0.4, -0.2) is 12.1 Å². The molecule has 0 bridgehead atoms. The van der Waals surface area contributed by atoms with Crippen molar-refractivity contribution in [1.82, 2.24) is 5.43 Å². The predicted octanol–water partition coefficient (Wildman–Crippen LogP) is 5.75. The third kappa shape index (κ3) is 6.53. The quantitative estimate of drug-likeness (QED) is 0.259.